The molecule has 0 bridgehead atoms. The van der Waals surface area contributed by atoms with Crippen molar-refractivity contribution in [2.75, 3.05) is 13.2 Å². The summed E-state index contributed by atoms with van der Waals surface area (Å²) in [7, 11) is 1.70. The molecule has 0 radical (unpaired) electrons. The molecular formula is C24H22F3N3O2. The van der Waals surface area contributed by atoms with Gasteiger partial charge in [0.15, 0.2) is 5.78 Å². The fourth-order valence-corrected chi connectivity index (χ4v) is 4.29. The monoisotopic (exact) mass is 440 g/mol. The summed E-state index contributed by atoms with van der Waals surface area (Å²) in [5.41, 5.74) is 3.17. The highest BCUT2D eigenvalue weighted by molar-refractivity contribution is 6.00. The molecule has 3 aromatic rings. The predicted molar refractivity (Wildman–Crippen MR) is 113 cm³/mol. The molecule has 1 aliphatic heterocycles. The Hall–Kier alpha value is -3.42. The Bertz CT molecular complexity index is 1180. The first-order valence-electron chi connectivity index (χ1n) is 10.3. The SMILES string of the molecule is C[C@H]1c2nn(C)c(-c3cc(F)cc(F)c3)c2CCN1C(=O)c1cccc(C(=O)CC[18F])c1. The Kier molecular flexibility index (Phi) is 5.86. The molecule has 0 saturated carbocycles. The smallest absolute Gasteiger partial charge is 0.254 e. The van der Waals surface area contributed by atoms with Crippen molar-refractivity contribution in [1.82, 2.24) is 14.7 Å². The molecule has 0 aliphatic carbocycles. The third-order valence-corrected chi connectivity index (χ3v) is 5.79. The Labute approximate surface area is 183 Å². The van der Waals surface area contributed by atoms with Crippen LogP contribution in [-0.4, -0.2) is 39.6 Å². The molecule has 0 saturated heterocycles. The van der Waals surface area contributed by atoms with Gasteiger partial charge < -0.3 is 4.90 Å². The Morgan fingerprint density at radius 3 is 2.47 bits per heavy atom. The van der Waals surface area contributed by atoms with E-state index in [0.29, 0.717) is 41.0 Å². The molecular weight excluding hydrogens is 418 g/mol. The van der Waals surface area contributed by atoms with Gasteiger partial charge in [0.2, 0.25) is 0 Å². The lowest BCUT2D eigenvalue weighted by molar-refractivity contribution is 0.0673. The van der Waals surface area contributed by atoms with Crippen molar-refractivity contribution in [3.8, 4) is 11.3 Å². The lowest BCUT2D eigenvalue weighted by Gasteiger charge is -2.33. The van der Waals surface area contributed by atoms with Crippen LogP contribution in [0, 0.1) is 11.6 Å². The number of aromatic nitrogens is 2. The summed E-state index contributed by atoms with van der Waals surface area (Å²) in [6.45, 7) is 1.48. The van der Waals surface area contributed by atoms with Crippen LogP contribution in [0.2, 0.25) is 0 Å². The first-order valence-corrected chi connectivity index (χ1v) is 10.3. The van der Waals surface area contributed by atoms with E-state index in [1.165, 1.54) is 18.2 Å². The van der Waals surface area contributed by atoms with Crippen LogP contribution < -0.4 is 0 Å². The Morgan fingerprint density at radius 1 is 1.09 bits per heavy atom. The maximum absolute atomic E-state index is 13.8. The summed E-state index contributed by atoms with van der Waals surface area (Å²) in [5, 5.41) is 4.55. The molecule has 2 heterocycles. The highest BCUT2D eigenvalue weighted by Gasteiger charge is 2.33. The van der Waals surface area contributed by atoms with Crippen LogP contribution in [0.3, 0.4) is 0 Å². The summed E-state index contributed by atoms with van der Waals surface area (Å²) >= 11 is 0. The van der Waals surface area contributed by atoms with E-state index in [1.54, 1.807) is 34.8 Å². The van der Waals surface area contributed by atoms with E-state index in [2.05, 4.69) is 5.10 Å². The van der Waals surface area contributed by atoms with Crippen LogP contribution in [0.25, 0.3) is 11.3 Å². The molecule has 1 atom stereocenters. The Morgan fingerprint density at radius 2 is 1.78 bits per heavy atom. The molecule has 0 fully saturated rings. The second kappa shape index (κ2) is 8.61. The molecule has 1 amide bonds. The molecule has 0 N–H and O–H groups in total. The van der Waals surface area contributed by atoms with Gasteiger partial charge in [0, 0.05) is 48.3 Å². The number of Topliss-reactive ketones (excluding diaryl/α,β-unsaturated/α-hetero) is 1. The molecule has 32 heavy (non-hydrogen) atoms. The van der Waals surface area contributed by atoms with E-state index in [1.807, 2.05) is 6.92 Å². The van der Waals surface area contributed by atoms with Crippen molar-refractivity contribution in [3.63, 3.8) is 0 Å². The molecule has 1 aliphatic rings. The average Bonchev–Trinajstić information content (AvgIpc) is 3.10. The van der Waals surface area contributed by atoms with Gasteiger partial charge >= 0.3 is 0 Å². The number of halogens is 3. The largest absolute Gasteiger partial charge is 0.330 e. The van der Waals surface area contributed by atoms with Crippen molar-refractivity contribution < 1.29 is 22.8 Å². The lowest BCUT2D eigenvalue weighted by atomic mass is 9.94. The number of nitrogens with zero attached hydrogens (tertiary/aromatic N) is 3. The second-order valence-electron chi connectivity index (χ2n) is 7.86. The molecule has 166 valence electrons. The van der Waals surface area contributed by atoms with Gasteiger partial charge in [0.1, 0.15) is 11.6 Å². The number of benzene rings is 2. The summed E-state index contributed by atoms with van der Waals surface area (Å²) < 4.78 is 41.7. The number of alkyl halides is 1. The summed E-state index contributed by atoms with van der Waals surface area (Å²) in [4.78, 5) is 26.9. The minimum absolute atomic E-state index is 0.224. The minimum atomic E-state index is -0.750. The first-order chi connectivity index (χ1) is 15.3. The van der Waals surface area contributed by atoms with Crippen LogP contribution in [-0.2, 0) is 13.5 Å². The van der Waals surface area contributed by atoms with Crippen LogP contribution in [0.4, 0.5) is 13.2 Å². The van der Waals surface area contributed by atoms with Crippen molar-refractivity contribution in [2.24, 2.45) is 7.05 Å². The zero-order chi connectivity index (χ0) is 23.0. The molecule has 4 rings (SSSR count). The third kappa shape index (κ3) is 3.92. The predicted octanol–water partition coefficient (Wildman–Crippen LogP) is 4.67. The quantitative estimate of drug-likeness (QED) is 0.542. The number of carbonyl (C=O) groups is 2. The fourth-order valence-electron chi connectivity index (χ4n) is 4.29. The van der Waals surface area contributed by atoms with Gasteiger partial charge in [0.05, 0.1) is 24.1 Å². The highest BCUT2D eigenvalue weighted by atomic mass is 19.1. The summed E-state index contributed by atoms with van der Waals surface area (Å²) in [6.07, 6.45) is 0.242. The zero-order valence-corrected chi connectivity index (χ0v) is 17.7. The van der Waals surface area contributed by atoms with Gasteiger partial charge in [-0.2, -0.15) is 5.10 Å². The number of hydrogen-bond donors (Lipinski definition) is 0. The van der Waals surface area contributed by atoms with Gasteiger partial charge in [-0.25, -0.2) is 8.78 Å². The molecule has 8 heteroatoms. The van der Waals surface area contributed by atoms with E-state index in [0.717, 1.165) is 11.6 Å². The maximum atomic E-state index is 13.8. The van der Waals surface area contributed by atoms with Crippen molar-refractivity contribution >= 4 is 11.7 Å². The topological polar surface area (TPSA) is 55.2 Å². The number of amides is 1. The number of hydrogen-bond acceptors (Lipinski definition) is 3. The number of carbonyl (C=O) groups excluding carboxylic acids is 2. The van der Waals surface area contributed by atoms with Crippen molar-refractivity contribution in [3.05, 3.63) is 76.5 Å². The second-order valence-corrected chi connectivity index (χ2v) is 7.86. The van der Waals surface area contributed by atoms with Crippen LogP contribution in [0.5, 0.6) is 0 Å². The van der Waals surface area contributed by atoms with Gasteiger partial charge in [0.25, 0.3) is 5.91 Å². The lowest BCUT2D eigenvalue weighted by Crippen LogP contribution is -2.39. The summed E-state index contributed by atoms with van der Waals surface area (Å²) in [6, 6.07) is 9.26. The molecule has 5 nitrogen and oxygen atoms in total. The number of ketones is 1. The van der Waals surface area contributed by atoms with Gasteiger partial charge in [-0.05, 0) is 37.6 Å². The Balaban J connectivity index is 1.65. The minimum Gasteiger partial charge on any atom is -0.330 e. The van der Waals surface area contributed by atoms with Crippen LogP contribution in [0.15, 0.2) is 42.5 Å². The normalized spacial score (nSPS) is 15.5. The first kappa shape index (κ1) is 21.8. The average molecular weight is 440 g/mol. The number of aryl methyl sites for hydroxylation is 1. The van der Waals surface area contributed by atoms with Crippen molar-refractivity contribution in [1.29, 1.82) is 0 Å². The van der Waals surface area contributed by atoms with Gasteiger partial charge in [-0.15, -0.1) is 0 Å². The molecule has 1 aromatic heterocycles. The highest BCUT2D eigenvalue weighted by Crippen LogP contribution is 2.36. The van der Waals surface area contributed by atoms with Gasteiger partial charge in [-0.3, -0.25) is 18.7 Å². The van der Waals surface area contributed by atoms with E-state index in [-0.39, 0.29) is 24.2 Å². The van der Waals surface area contributed by atoms with E-state index < -0.39 is 18.3 Å². The maximum Gasteiger partial charge on any atom is 0.254 e. The third-order valence-electron chi connectivity index (χ3n) is 5.79. The molecule has 0 spiro atoms. The van der Waals surface area contributed by atoms with Gasteiger partial charge in [-0.1, -0.05) is 12.1 Å². The van der Waals surface area contributed by atoms with E-state index in [9.17, 15) is 22.8 Å². The van der Waals surface area contributed by atoms with E-state index >= 15 is 0 Å². The van der Waals surface area contributed by atoms with Crippen LogP contribution in [0.1, 0.15) is 51.4 Å². The zero-order valence-electron chi connectivity index (χ0n) is 17.7. The van der Waals surface area contributed by atoms with Crippen molar-refractivity contribution in [2.45, 2.75) is 25.8 Å². The van der Waals surface area contributed by atoms with E-state index in [4.69, 9.17) is 0 Å². The standard InChI is InChI=1S/C24H22F3N3O2/c1-14-22-20(23(29(2)28-22)17-11-18(26)13-19(27)12-17)7-9-30(14)24(32)16-5-3-4-15(10-16)21(31)6-8-25/h3-5,10-14H,6-9H2,1-2H3/t14-/m0/s1/i25-1. The fraction of sp³-hybridized carbons (Fsp3) is 0.292. The molecule has 0 unspecified atom stereocenters. The van der Waals surface area contributed by atoms with Crippen LogP contribution >= 0.6 is 0 Å². The summed E-state index contributed by atoms with van der Waals surface area (Å²) in [5.74, 6) is -1.95. The number of fused-ring (bicyclic) bond motifs is 1. The number of rotatable bonds is 5. The molecule has 2 aromatic carbocycles.